The molecule has 0 N–H and O–H groups in total. The SMILES string of the molecule is FC(F)(F)c1ccccc1CN=C1C2CCN(CC2)C1C(c1ccccc1)c1ccccc1. The number of nitrogens with zero attached hydrogens (tertiary/aromatic N) is 2. The number of hydrogen-bond donors (Lipinski definition) is 0. The number of halogens is 3. The predicted octanol–water partition coefficient (Wildman–Crippen LogP) is 6.57. The summed E-state index contributed by atoms with van der Waals surface area (Å²) >= 11 is 0. The van der Waals surface area contributed by atoms with Crippen LogP contribution in [0.4, 0.5) is 13.2 Å². The van der Waals surface area contributed by atoms with Gasteiger partial charge in [-0.25, -0.2) is 0 Å². The number of rotatable bonds is 5. The van der Waals surface area contributed by atoms with Gasteiger partial charge in [0.2, 0.25) is 0 Å². The first-order chi connectivity index (χ1) is 16.0. The molecule has 1 atom stereocenters. The molecule has 2 nitrogen and oxygen atoms in total. The summed E-state index contributed by atoms with van der Waals surface area (Å²) in [6.45, 7) is 2.06. The third-order valence-corrected chi connectivity index (χ3v) is 7.03. The highest BCUT2D eigenvalue weighted by Crippen LogP contribution is 2.41. The molecule has 0 aromatic heterocycles. The van der Waals surface area contributed by atoms with Gasteiger partial charge in [0.25, 0.3) is 0 Å². The van der Waals surface area contributed by atoms with Crippen molar-refractivity contribution in [2.45, 2.75) is 37.5 Å². The molecular weight excluding hydrogens is 421 g/mol. The maximum atomic E-state index is 13.6. The van der Waals surface area contributed by atoms with Crippen molar-refractivity contribution in [1.82, 2.24) is 4.90 Å². The first-order valence-corrected chi connectivity index (χ1v) is 11.6. The molecule has 0 spiro atoms. The molecule has 0 aliphatic carbocycles. The molecule has 2 bridgehead atoms. The van der Waals surface area contributed by atoms with Gasteiger partial charge in [-0.1, -0.05) is 78.9 Å². The van der Waals surface area contributed by atoms with Crippen LogP contribution in [0.2, 0.25) is 0 Å². The van der Waals surface area contributed by atoms with Crippen LogP contribution in [0.25, 0.3) is 0 Å². The quantitative estimate of drug-likeness (QED) is 0.431. The van der Waals surface area contributed by atoms with E-state index in [0.717, 1.165) is 37.7 Å². The summed E-state index contributed by atoms with van der Waals surface area (Å²) in [7, 11) is 0. The molecule has 3 heterocycles. The van der Waals surface area contributed by atoms with E-state index in [0.29, 0.717) is 5.92 Å². The normalized spacial score (nSPS) is 23.9. The molecule has 0 saturated carbocycles. The molecule has 6 rings (SSSR count). The minimum atomic E-state index is -4.37. The molecule has 3 aromatic carbocycles. The van der Waals surface area contributed by atoms with E-state index in [1.807, 2.05) is 12.1 Å². The monoisotopic (exact) mass is 448 g/mol. The van der Waals surface area contributed by atoms with E-state index >= 15 is 0 Å². The fraction of sp³-hybridized carbons (Fsp3) is 0.321. The van der Waals surface area contributed by atoms with Crippen molar-refractivity contribution >= 4 is 5.71 Å². The molecule has 0 radical (unpaired) electrons. The second-order valence-electron chi connectivity index (χ2n) is 8.95. The van der Waals surface area contributed by atoms with E-state index < -0.39 is 11.7 Å². The maximum absolute atomic E-state index is 13.6. The molecule has 170 valence electrons. The van der Waals surface area contributed by atoms with Gasteiger partial charge in [-0.05, 0) is 48.7 Å². The Morgan fingerprint density at radius 1 is 0.788 bits per heavy atom. The maximum Gasteiger partial charge on any atom is 0.416 e. The number of alkyl halides is 3. The van der Waals surface area contributed by atoms with Gasteiger partial charge in [-0.3, -0.25) is 9.89 Å². The van der Waals surface area contributed by atoms with Crippen LogP contribution < -0.4 is 0 Å². The lowest BCUT2D eigenvalue weighted by molar-refractivity contribution is -0.138. The molecule has 3 saturated heterocycles. The molecular formula is C28H27F3N2. The highest BCUT2D eigenvalue weighted by molar-refractivity contribution is 5.94. The van der Waals surface area contributed by atoms with Crippen LogP contribution in [-0.2, 0) is 12.7 Å². The summed E-state index contributed by atoms with van der Waals surface area (Å²) in [5, 5.41) is 0. The molecule has 1 unspecified atom stereocenters. The predicted molar refractivity (Wildman–Crippen MR) is 125 cm³/mol. The lowest BCUT2D eigenvalue weighted by atomic mass is 9.72. The second-order valence-corrected chi connectivity index (χ2v) is 8.95. The van der Waals surface area contributed by atoms with E-state index in [2.05, 4.69) is 53.4 Å². The lowest BCUT2D eigenvalue weighted by Gasteiger charge is -2.49. The number of piperidine rings is 3. The summed E-state index contributed by atoms with van der Waals surface area (Å²) in [4.78, 5) is 7.42. The van der Waals surface area contributed by atoms with Gasteiger partial charge in [0.15, 0.2) is 0 Å². The minimum Gasteiger partial charge on any atom is -0.294 e. The third-order valence-electron chi connectivity index (χ3n) is 7.03. The topological polar surface area (TPSA) is 15.6 Å². The number of fused-ring (bicyclic) bond motifs is 3. The van der Waals surface area contributed by atoms with Gasteiger partial charge in [0.1, 0.15) is 0 Å². The fourth-order valence-corrected chi connectivity index (χ4v) is 5.50. The van der Waals surface area contributed by atoms with Crippen LogP contribution in [0.15, 0.2) is 89.9 Å². The van der Waals surface area contributed by atoms with Gasteiger partial charge < -0.3 is 0 Å². The van der Waals surface area contributed by atoms with E-state index in [1.165, 1.54) is 17.2 Å². The first kappa shape index (κ1) is 21.9. The Hall–Kier alpha value is -2.92. The zero-order valence-corrected chi connectivity index (χ0v) is 18.4. The standard InChI is InChI=1S/C28H27F3N2/c29-28(30,31)24-14-8-7-13-23(24)19-32-26-22-15-17-33(18-16-22)27(26)25(20-9-3-1-4-10-20)21-11-5-2-6-12-21/h1-14,22,25,27H,15-19H2. The Balaban J connectivity index is 1.57. The highest BCUT2D eigenvalue weighted by atomic mass is 19.4. The molecule has 3 aromatic rings. The van der Waals surface area contributed by atoms with Crippen LogP contribution >= 0.6 is 0 Å². The Labute approximate surface area is 192 Å². The zero-order valence-electron chi connectivity index (χ0n) is 18.4. The van der Waals surface area contributed by atoms with E-state index in [9.17, 15) is 13.2 Å². The summed E-state index contributed by atoms with van der Waals surface area (Å²) in [5.41, 5.74) is 3.13. The molecule has 33 heavy (non-hydrogen) atoms. The van der Waals surface area contributed by atoms with Crippen LogP contribution in [0.5, 0.6) is 0 Å². The summed E-state index contributed by atoms with van der Waals surface area (Å²) in [6.07, 6.45) is -2.33. The fourth-order valence-electron chi connectivity index (χ4n) is 5.50. The van der Waals surface area contributed by atoms with Gasteiger partial charge >= 0.3 is 6.18 Å². The summed E-state index contributed by atoms with van der Waals surface area (Å²) < 4.78 is 40.7. The number of benzene rings is 3. The Bertz CT molecular complexity index is 1060. The average molecular weight is 449 g/mol. The second kappa shape index (κ2) is 9.14. The third kappa shape index (κ3) is 4.47. The van der Waals surface area contributed by atoms with Crippen LogP contribution in [0.3, 0.4) is 0 Å². The molecule has 5 heteroatoms. The van der Waals surface area contributed by atoms with Crippen molar-refractivity contribution in [2.24, 2.45) is 10.9 Å². The van der Waals surface area contributed by atoms with Crippen LogP contribution in [0, 0.1) is 5.92 Å². The van der Waals surface area contributed by atoms with E-state index in [4.69, 9.17) is 4.99 Å². The van der Waals surface area contributed by atoms with Crippen molar-refractivity contribution in [1.29, 1.82) is 0 Å². The Morgan fingerprint density at radius 3 is 1.91 bits per heavy atom. The van der Waals surface area contributed by atoms with Gasteiger partial charge in [0, 0.05) is 17.5 Å². The number of hydrogen-bond acceptors (Lipinski definition) is 2. The van der Waals surface area contributed by atoms with E-state index in [-0.39, 0.29) is 24.1 Å². The van der Waals surface area contributed by atoms with Gasteiger partial charge in [-0.2, -0.15) is 13.2 Å². The smallest absolute Gasteiger partial charge is 0.294 e. The van der Waals surface area contributed by atoms with Crippen molar-refractivity contribution < 1.29 is 13.2 Å². The van der Waals surface area contributed by atoms with Crippen molar-refractivity contribution in [3.63, 3.8) is 0 Å². The lowest BCUT2D eigenvalue weighted by Crippen LogP contribution is -2.58. The van der Waals surface area contributed by atoms with Crippen LogP contribution in [-0.4, -0.2) is 29.7 Å². The minimum absolute atomic E-state index is 0.0559. The highest BCUT2D eigenvalue weighted by Gasteiger charge is 2.44. The Kier molecular flexibility index (Phi) is 6.07. The van der Waals surface area contributed by atoms with E-state index in [1.54, 1.807) is 12.1 Å². The first-order valence-electron chi connectivity index (χ1n) is 11.6. The molecule has 3 aliphatic rings. The zero-order chi connectivity index (χ0) is 22.8. The summed E-state index contributed by atoms with van der Waals surface area (Å²) in [5.74, 6) is 0.417. The van der Waals surface area contributed by atoms with Gasteiger partial charge in [-0.15, -0.1) is 0 Å². The molecule has 3 aliphatic heterocycles. The summed E-state index contributed by atoms with van der Waals surface area (Å²) in [6, 6.07) is 26.7. The van der Waals surface area contributed by atoms with Crippen molar-refractivity contribution in [3.8, 4) is 0 Å². The van der Waals surface area contributed by atoms with Gasteiger partial charge in [0.05, 0.1) is 18.2 Å². The van der Waals surface area contributed by atoms with Crippen molar-refractivity contribution in [3.05, 3.63) is 107 Å². The average Bonchev–Trinajstić information content (AvgIpc) is 2.85. The Morgan fingerprint density at radius 2 is 1.33 bits per heavy atom. The van der Waals surface area contributed by atoms with Crippen molar-refractivity contribution in [2.75, 3.05) is 13.1 Å². The molecule has 3 fully saturated rings. The number of aliphatic imine (C=N–C) groups is 1. The van der Waals surface area contributed by atoms with Crippen LogP contribution in [0.1, 0.15) is 41.0 Å². The molecule has 0 amide bonds. The largest absolute Gasteiger partial charge is 0.416 e.